The van der Waals surface area contributed by atoms with Gasteiger partial charge in [-0.15, -0.1) is 11.3 Å². The smallest absolute Gasteiger partial charge is 0.255 e. The van der Waals surface area contributed by atoms with E-state index in [1.807, 2.05) is 13.8 Å². The van der Waals surface area contributed by atoms with Crippen molar-refractivity contribution in [1.82, 2.24) is 4.98 Å². The number of nitrogens with zero attached hydrogens (tertiary/aromatic N) is 1. The van der Waals surface area contributed by atoms with Gasteiger partial charge < -0.3 is 10.5 Å². The first-order valence-corrected chi connectivity index (χ1v) is 6.52. The number of thiazole rings is 1. The molecule has 0 bridgehead atoms. The highest BCUT2D eigenvalue weighted by molar-refractivity contribution is 7.15. The number of nitrogens with two attached hydrogens (primary N) is 1. The molecule has 0 aliphatic carbocycles. The summed E-state index contributed by atoms with van der Waals surface area (Å²) in [5.41, 5.74) is 6.46. The number of hydrogen-bond donors (Lipinski definition) is 2. The van der Waals surface area contributed by atoms with Gasteiger partial charge in [-0.25, -0.2) is 4.98 Å². The zero-order valence-electron chi connectivity index (χ0n) is 10.0. The van der Waals surface area contributed by atoms with Crippen LogP contribution in [-0.2, 0) is 9.53 Å². The maximum Gasteiger partial charge on any atom is 0.255 e. The Hall–Kier alpha value is -0.980. The van der Waals surface area contributed by atoms with Gasteiger partial charge >= 0.3 is 0 Å². The lowest BCUT2D eigenvalue weighted by molar-refractivity contribution is -0.126. The third kappa shape index (κ3) is 2.83. The summed E-state index contributed by atoms with van der Waals surface area (Å²) in [5, 5.41) is 3.44. The normalized spacial score (nSPS) is 23.9. The average Bonchev–Trinajstić information content (AvgIpc) is 2.87. The molecule has 2 rings (SSSR count). The topological polar surface area (TPSA) is 77.2 Å². The summed E-state index contributed by atoms with van der Waals surface area (Å²) in [4.78, 5) is 17.3. The molecule has 1 aliphatic rings. The van der Waals surface area contributed by atoms with E-state index in [4.69, 9.17) is 10.5 Å². The highest BCUT2D eigenvalue weighted by atomic mass is 32.1. The van der Waals surface area contributed by atoms with E-state index in [1.54, 1.807) is 0 Å². The Balaban J connectivity index is 1.93. The van der Waals surface area contributed by atoms with Crippen LogP contribution in [0.4, 0.5) is 5.13 Å². The lowest BCUT2D eigenvalue weighted by atomic mass is 10.2. The predicted molar refractivity (Wildman–Crippen MR) is 67.2 cm³/mol. The van der Waals surface area contributed by atoms with Crippen molar-refractivity contribution in [3.8, 4) is 0 Å². The maximum absolute atomic E-state index is 11.9. The second-order valence-electron chi connectivity index (χ2n) is 4.21. The molecule has 1 amide bonds. The predicted octanol–water partition coefficient (Wildman–Crippen LogP) is 1.20. The minimum absolute atomic E-state index is 0.0190. The first-order chi connectivity index (χ1) is 8.10. The van der Waals surface area contributed by atoms with Crippen LogP contribution in [0.1, 0.15) is 23.4 Å². The second kappa shape index (κ2) is 5.12. The summed E-state index contributed by atoms with van der Waals surface area (Å²) in [6.07, 6.45) is 1.22. The second-order valence-corrected chi connectivity index (χ2v) is 5.41. The van der Waals surface area contributed by atoms with Gasteiger partial charge in [0.2, 0.25) is 0 Å². The number of carbonyl (C=O) groups excluding carboxylic acids is 1. The zero-order valence-corrected chi connectivity index (χ0v) is 10.8. The van der Waals surface area contributed by atoms with E-state index in [2.05, 4.69) is 10.3 Å². The minimum atomic E-state index is -0.381. The Bertz CT molecular complexity index is 399. The molecule has 2 atom stereocenters. The number of ether oxygens (including phenoxy) is 1. The number of aryl methyl sites for hydroxylation is 2. The third-order valence-electron chi connectivity index (χ3n) is 2.92. The number of rotatable bonds is 3. The van der Waals surface area contributed by atoms with E-state index < -0.39 is 0 Å². The van der Waals surface area contributed by atoms with Gasteiger partial charge in [0, 0.05) is 11.4 Å². The van der Waals surface area contributed by atoms with E-state index >= 15 is 0 Å². The summed E-state index contributed by atoms with van der Waals surface area (Å²) in [6, 6.07) is 0. The summed E-state index contributed by atoms with van der Waals surface area (Å²) >= 11 is 1.48. The van der Waals surface area contributed by atoms with Gasteiger partial charge in [0.25, 0.3) is 5.91 Å². The Labute approximate surface area is 104 Å². The molecule has 0 aromatic carbocycles. The molecule has 0 spiro atoms. The molecule has 0 saturated carbocycles. The van der Waals surface area contributed by atoms with Gasteiger partial charge in [0.05, 0.1) is 11.8 Å². The SMILES string of the molecule is Cc1nc(NC(=O)[C@@H]2CC[C@H](CN)O2)sc1C. The van der Waals surface area contributed by atoms with Crippen molar-refractivity contribution in [1.29, 1.82) is 0 Å². The van der Waals surface area contributed by atoms with Crippen molar-refractivity contribution >= 4 is 22.4 Å². The van der Waals surface area contributed by atoms with Crippen molar-refractivity contribution in [2.24, 2.45) is 5.73 Å². The Kier molecular flexibility index (Phi) is 3.76. The molecule has 1 fully saturated rings. The van der Waals surface area contributed by atoms with E-state index in [0.29, 0.717) is 11.7 Å². The molecule has 1 aromatic heterocycles. The maximum atomic E-state index is 11.9. The molecule has 5 nitrogen and oxygen atoms in total. The number of amides is 1. The van der Waals surface area contributed by atoms with Crippen molar-refractivity contribution in [2.75, 3.05) is 11.9 Å². The molecule has 2 heterocycles. The Morgan fingerprint density at radius 2 is 2.35 bits per heavy atom. The zero-order chi connectivity index (χ0) is 12.4. The number of aromatic nitrogens is 1. The Morgan fingerprint density at radius 3 is 2.88 bits per heavy atom. The molecular formula is C11H17N3O2S. The van der Waals surface area contributed by atoms with Gasteiger partial charge in [-0.1, -0.05) is 0 Å². The van der Waals surface area contributed by atoms with E-state index in [-0.39, 0.29) is 18.1 Å². The fourth-order valence-electron chi connectivity index (χ4n) is 1.78. The Morgan fingerprint density at radius 1 is 1.59 bits per heavy atom. The van der Waals surface area contributed by atoms with Gasteiger partial charge in [0.15, 0.2) is 5.13 Å². The molecule has 3 N–H and O–H groups in total. The number of nitrogens with one attached hydrogen (secondary N) is 1. The lowest BCUT2D eigenvalue weighted by Gasteiger charge is -2.11. The lowest BCUT2D eigenvalue weighted by Crippen LogP contribution is -2.29. The minimum Gasteiger partial charge on any atom is -0.364 e. The van der Waals surface area contributed by atoms with Crippen molar-refractivity contribution in [3.63, 3.8) is 0 Å². The molecule has 1 aromatic rings. The number of carbonyl (C=O) groups is 1. The molecule has 0 unspecified atom stereocenters. The van der Waals surface area contributed by atoms with Crippen LogP contribution in [0.15, 0.2) is 0 Å². The van der Waals surface area contributed by atoms with Crippen molar-refractivity contribution < 1.29 is 9.53 Å². The molecule has 17 heavy (non-hydrogen) atoms. The van der Waals surface area contributed by atoms with Crippen LogP contribution in [0, 0.1) is 13.8 Å². The fraction of sp³-hybridized carbons (Fsp3) is 0.636. The van der Waals surface area contributed by atoms with Gasteiger partial charge in [-0.05, 0) is 26.7 Å². The summed E-state index contributed by atoms with van der Waals surface area (Å²) in [5.74, 6) is -0.116. The summed E-state index contributed by atoms with van der Waals surface area (Å²) in [6.45, 7) is 4.39. The first kappa shape index (κ1) is 12.5. The molecular weight excluding hydrogens is 238 g/mol. The third-order valence-corrected chi connectivity index (χ3v) is 3.91. The van der Waals surface area contributed by atoms with E-state index in [9.17, 15) is 4.79 Å². The molecule has 0 radical (unpaired) electrons. The van der Waals surface area contributed by atoms with E-state index in [1.165, 1.54) is 11.3 Å². The summed E-state index contributed by atoms with van der Waals surface area (Å²) < 4.78 is 5.52. The van der Waals surface area contributed by atoms with Gasteiger partial charge in [-0.3, -0.25) is 10.1 Å². The quantitative estimate of drug-likeness (QED) is 0.851. The highest BCUT2D eigenvalue weighted by Gasteiger charge is 2.30. The van der Waals surface area contributed by atoms with Gasteiger partial charge in [-0.2, -0.15) is 0 Å². The molecule has 1 saturated heterocycles. The van der Waals surface area contributed by atoms with Crippen LogP contribution in [0.3, 0.4) is 0 Å². The molecule has 1 aliphatic heterocycles. The largest absolute Gasteiger partial charge is 0.364 e. The standard InChI is InChI=1S/C11H17N3O2S/c1-6-7(2)17-11(13-6)14-10(15)9-4-3-8(5-12)16-9/h8-9H,3-5,12H2,1-2H3,(H,13,14,15)/t8-,9+/m1/s1. The van der Waals surface area contributed by atoms with Crippen LogP contribution in [0.5, 0.6) is 0 Å². The van der Waals surface area contributed by atoms with Crippen LogP contribution in [0.2, 0.25) is 0 Å². The van der Waals surface area contributed by atoms with Crippen molar-refractivity contribution in [2.45, 2.75) is 38.9 Å². The van der Waals surface area contributed by atoms with E-state index in [0.717, 1.165) is 23.4 Å². The van der Waals surface area contributed by atoms with Crippen LogP contribution < -0.4 is 11.1 Å². The fourth-order valence-corrected chi connectivity index (χ4v) is 2.60. The van der Waals surface area contributed by atoms with Crippen molar-refractivity contribution in [3.05, 3.63) is 10.6 Å². The number of anilines is 1. The average molecular weight is 255 g/mol. The van der Waals surface area contributed by atoms with Crippen LogP contribution in [-0.4, -0.2) is 29.6 Å². The monoisotopic (exact) mass is 255 g/mol. The first-order valence-electron chi connectivity index (χ1n) is 5.70. The van der Waals surface area contributed by atoms with Gasteiger partial charge in [0.1, 0.15) is 6.10 Å². The molecule has 6 heteroatoms. The van der Waals surface area contributed by atoms with Crippen LogP contribution >= 0.6 is 11.3 Å². The van der Waals surface area contributed by atoms with Crippen LogP contribution in [0.25, 0.3) is 0 Å². The number of hydrogen-bond acceptors (Lipinski definition) is 5. The highest BCUT2D eigenvalue weighted by Crippen LogP contribution is 2.24. The summed E-state index contributed by atoms with van der Waals surface area (Å²) in [7, 11) is 0. The molecule has 94 valence electrons.